The molecule has 0 amide bonds. The van der Waals surface area contributed by atoms with E-state index in [0.717, 1.165) is 23.1 Å². The Hall–Kier alpha value is -3.40. The first kappa shape index (κ1) is 18.9. The highest BCUT2D eigenvalue weighted by Crippen LogP contribution is 2.43. The molecular formula is C25H24N2O2. The van der Waals surface area contributed by atoms with E-state index in [-0.39, 0.29) is 0 Å². The van der Waals surface area contributed by atoms with Gasteiger partial charge in [0, 0.05) is 13.1 Å². The van der Waals surface area contributed by atoms with Gasteiger partial charge in [0.1, 0.15) is 5.54 Å². The molecule has 0 saturated carbocycles. The summed E-state index contributed by atoms with van der Waals surface area (Å²) in [6, 6.07) is 30.9. The number of esters is 1. The van der Waals surface area contributed by atoms with Crippen LogP contribution < -0.4 is 0 Å². The molecule has 0 bridgehead atoms. The number of rotatable bonds is 5. The Bertz CT molecular complexity index is 888. The summed E-state index contributed by atoms with van der Waals surface area (Å²) in [5, 5.41) is 0. The largest absolute Gasteiger partial charge is 0.463 e. The minimum atomic E-state index is -0.697. The van der Waals surface area contributed by atoms with Gasteiger partial charge in [0.25, 0.3) is 0 Å². The molecule has 146 valence electrons. The maximum Gasteiger partial charge on any atom is 0.373 e. The number of amidine groups is 1. The highest BCUT2D eigenvalue weighted by molar-refractivity contribution is 6.35. The first-order chi connectivity index (χ1) is 14.3. The number of hydrogen-bond acceptors (Lipinski definition) is 4. The predicted molar refractivity (Wildman–Crippen MR) is 115 cm³/mol. The average molecular weight is 384 g/mol. The standard InChI is InChI=1S/C25H24N2O2/c1-29-24(28)23-26-18-11-19-27(23)25(20-12-5-2-6-13-20,21-14-7-3-8-15-21)22-16-9-4-10-17-22/h2-10,12-17H,11,18-19H2,1H3. The summed E-state index contributed by atoms with van der Waals surface area (Å²) in [5.41, 5.74) is 2.54. The Balaban J connectivity index is 2.07. The molecule has 0 fully saturated rings. The van der Waals surface area contributed by atoms with E-state index in [4.69, 9.17) is 4.74 Å². The van der Waals surface area contributed by atoms with Gasteiger partial charge in [-0.2, -0.15) is 0 Å². The average Bonchev–Trinajstić information content (AvgIpc) is 2.82. The van der Waals surface area contributed by atoms with E-state index in [9.17, 15) is 4.79 Å². The molecule has 0 unspecified atom stereocenters. The normalized spacial score (nSPS) is 14.2. The molecule has 0 N–H and O–H groups in total. The number of ether oxygens (including phenoxy) is 1. The predicted octanol–water partition coefficient (Wildman–Crippen LogP) is 4.26. The van der Waals surface area contributed by atoms with Crippen molar-refractivity contribution >= 4 is 11.8 Å². The molecule has 0 spiro atoms. The molecule has 0 saturated heterocycles. The van der Waals surface area contributed by atoms with Gasteiger partial charge in [0.2, 0.25) is 5.84 Å². The van der Waals surface area contributed by atoms with E-state index in [0.29, 0.717) is 18.9 Å². The quantitative estimate of drug-likeness (QED) is 0.488. The van der Waals surface area contributed by atoms with Gasteiger partial charge >= 0.3 is 5.97 Å². The van der Waals surface area contributed by atoms with E-state index in [1.807, 2.05) is 54.6 Å². The molecule has 3 aromatic rings. The van der Waals surface area contributed by atoms with Crippen molar-refractivity contribution in [3.63, 3.8) is 0 Å². The molecule has 4 rings (SSSR count). The van der Waals surface area contributed by atoms with Crippen LogP contribution in [0.3, 0.4) is 0 Å². The second-order valence-electron chi connectivity index (χ2n) is 7.01. The lowest BCUT2D eigenvalue weighted by Gasteiger charge is -2.47. The van der Waals surface area contributed by atoms with Crippen LogP contribution in [-0.2, 0) is 15.1 Å². The number of nitrogens with zero attached hydrogens (tertiary/aromatic N) is 2. The van der Waals surface area contributed by atoms with E-state index < -0.39 is 11.5 Å². The monoisotopic (exact) mass is 384 g/mol. The Kier molecular flexibility index (Phi) is 5.43. The first-order valence-electron chi connectivity index (χ1n) is 9.85. The zero-order valence-corrected chi connectivity index (χ0v) is 16.5. The maximum atomic E-state index is 12.7. The van der Waals surface area contributed by atoms with Crippen molar-refractivity contribution < 1.29 is 9.53 Å². The van der Waals surface area contributed by atoms with Gasteiger partial charge in [-0.25, -0.2) is 4.79 Å². The van der Waals surface area contributed by atoms with E-state index in [2.05, 4.69) is 46.3 Å². The second kappa shape index (κ2) is 8.31. The molecule has 1 aliphatic rings. The van der Waals surface area contributed by atoms with Gasteiger partial charge in [-0.3, -0.25) is 4.99 Å². The second-order valence-corrected chi connectivity index (χ2v) is 7.01. The minimum absolute atomic E-state index is 0.371. The van der Waals surface area contributed by atoms with Crippen LogP contribution >= 0.6 is 0 Å². The van der Waals surface area contributed by atoms with Crippen LogP contribution in [-0.4, -0.2) is 36.9 Å². The number of carbonyl (C=O) groups excluding carboxylic acids is 1. The lowest BCUT2D eigenvalue weighted by atomic mass is 9.75. The van der Waals surface area contributed by atoms with Gasteiger partial charge in [0.05, 0.1) is 7.11 Å². The van der Waals surface area contributed by atoms with Crippen LogP contribution in [0.5, 0.6) is 0 Å². The zero-order valence-electron chi connectivity index (χ0n) is 16.5. The first-order valence-corrected chi connectivity index (χ1v) is 9.85. The maximum absolute atomic E-state index is 12.7. The molecule has 1 aliphatic heterocycles. The Morgan fingerprint density at radius 1 is 0.828 bits per heavy atom. The van der Waals surface area contributed by atoms with Crippen molar-refractivity contribution in [2.24, 2.45) is 4.99 Å². The van der Waals surface area contributed by atoms with E-state index in [1.165, 1.54) is 7.11 Å². The zero-order chi connectivity index (χ0) is 20.1. The van der Waals surface area contributed by atoms with Gasteiger partial charge in [-0.05, 0) is 23.1 Å². The molecule has 0 aromatic heterocycles. The minimum Gasteiger partial charge on any atom is -0.463 e. The molecule has 29 heavy (non-hydrogen) atoms. The smallest absolute Gasteiger partial charge is 0.373 e. The lowest BCUT2D eigenvalue weighted by molar-refractivity contribution is -0.133. The molecule has 4 nitrogen and oxygen atoms in total. The molecule has 0 aliphatic carbocycles. The van der Waals surface area contributed by atoms with Crippen LogP contribution in [0.4, 0.5) is 0 Å². The number of carbonyl (C=O) groups is 1. The Morgan fingerprint density at radius 3 is 1.69 bits per heavy atom. The van der Waals surface area contributed by atoms with E-state index >= 15 is 0 Å². The van der Waals surface area contributed by atoms with Crippen molar-refractivity contribution in [2.75, 3.05) is 20.2 Å². The fourth-order valence-corrected chi connectivity index (χ4v) is 4.20. The van der Waals surface area contributed by atoms with Crippen molar-refractivity contribution in [2.45, 2.75) is 12.0 Å². The fourth-order valence-electron chi connectivity index (χ4n) is 4.20. The van der Waals surface area contributed by atoms with E-state index in [1.54, 1.807) is 0 Å². The number of aliphatic imine (C=N–C) groups is 1. The number of hydrogen-bond donors (Lipinski definition) is 0. The molecular weight excluding hydrogens is 360 g/mol. The van der Waals surface area contributed by atoms with Crippen LogP contribution in [0.25, 0.3) is 0 Å². The third-order valence-electron chi connectivity index (χ3n) is 5.40. The lowest BCUT2D eigenvalue weighted by Crippen LogP contribution is -2.55. The highest BCUT2D eigenvalue weighted by Gasteiger charge is 2.46. The third kappa shape index (κ3) is 3.31. The number of methoxy groups -OCH3 is 1. The van der Waals surface area contributed by atoms with Gasteiger partial charge < -0.3 is 9.64 Å². The Labute approximate surface area is 171 Å². The summed E-state index contributed by atoms with van der Waals surface area (Å²) in [4.78, 5) is 19.4. The van der Waals surface area contributed by atoms with Crippen LogP contribution in [0.1, 0.15) is 23.1 Å². The molecule has 0 atom stereocenters. The van der Waals surface area contributed by atoms with Crippen LogP contribution in [0, 0.1) is 0 Å². The summed E-state index contributed by atoms with van der Waals surface area (Å²) >= 11 is 0. The van der Waals surface area contributed by atoms with Gasteiger partial charge in [-0.1, -0.05) is 91.0 Å². The van der Waals surface area contributed by atoms with Crippen molar-refractivity contribution in [3.8, 4) is 0 Å². The molecule has 1 heterocycles. The SMILES string of the molecule is COC(=O)C1=NCCCN1C(c1ccccc1)(c1ccccc1)c1ccccc1. The molecule has 4 heteroatoms. The number of benzene rings is 3. The van der Waals surface area contributed by atoms with Crippen molar-refractivity contribution in [1.29, 1.82) is 0 Å². The van der Waals surface area contributed by atoms with Crippen LogP contribution in [0.15, 0.2) is 96.0 Å². The summed E-state index contributed by atoms with van der Waals surface area (Å²) in [6.07, 6.45) is 0.870. The molecule has 0 radical (unpaired) electrons. The summed E-state index contributed by atoms with van der Waals surface area (Å²) in [5.74, 6) is -0.0350. The van der Waals surface area contributed by atoms with Crippen molar-refractivity contribution in [3.05, 3.63) is 108 Å². The summed E-state index contributed by atoms with van der Waals surface area (Å²) in [6.45, 7) is 1.32. The topological polar surface area (TPSA) is 41.9 Å². The third-order valence-corrected chi connectivity index (χ3v) is 5.40. The Morgan fingerprint density at radius 2 is 1.28 bits per heavy atom. The highest BCUT2D eigenvalue weighted by atomic mass is 16.5. The summed E-state index contributed by atoms with van der Waals surface area (Å²) in [7, 11) is 1.41. The van der Waals surface area contributed by atoms with Gasteiger partial charge in [-0.15, -0.1) is 0 Å². The fraction of sp³-hybridized carbons (Fsp3) is 0.200. The van der Waals surface area contributed by atoms with Crippen molar-refractivity contribution in [1.82, 2.24) is 4.90 Å². The van der Waals surface area contributed by atoms with Crippen LogP contribution in [0.2, 0.25) is 0 Å². The summed E-state index contributed by atoms with van der Waals surface area (Å²) < 4.78 is 5.11. The van der Waals surface area contributed by atoms with Gasteiger partial charge in [0.15, 0.2) is 0 Å². The molecule has 3 aromatic carbocycles.